The highest BCUT2D eigenvalue weighted by Crippen LogP contribution is 2.19. The summed E-state index contributed by atoms with van der Waals surface area (Å²) in [5.41, 5.74) is 3.33. The fourth-order valence-corrected chi connectivity index (χ4v) is 3.09. The number of rotatable bonds is 3. The molecule has 1 N–H and O–H groups in total. The van der Waals surface area contributed by atoms with Gasteiger partial charge < -0.3 is 9.51 Å². The van der Waals surface area contributed by atoms with Crippen LogP contribution in [0.15, 0.2) is 24.5 Å². The van der Waals surface area contributed by atoms with Gasteiger partial charge in [0.15, 0.2) is 0 Å². The number of aryl methyl sites for hydroxylation is 1. The lowest BCUT2D eigenvalue weighted by Crippen LogP contribution is -2.37. The molecule has 4 nitrogen and oxygen atoms in total. The minimum Gasteiger partial charge on any atom is -0.395 e. The van der Waals surface area contributed by atoms with Gasteiger partial charge in [-0.15, -0.1) is 0 Å². The number of fused-ring (bicyclic) bond motifs is 1. The molecule has 3 rings (SSSR count). The lowest BCUT2D eigenvalue weighted by Gasteiger charge is -2.27. The van der Waals surface area contributed by atoms with Crippen molar-refractivity contribution in [1.82, 2.24) is 14.3 Å². The fourth-order valence-electron chi connectivity index (χ4n) is 3.09. The molecule has 108 valence electrons. The molecule has 1 saturated heterocycles. The largest absolute Gasteiger partial charge is 0.395 e. The molecular formula is C16H23N3O. The maximum Gasteiger partial charge on any atom is 0.137 e. The molecule has 1 aliphatic rings. The molecule has 2 aromatic rings. The standard InChI is InChI=1S/C16H23N3O/c1-13-6-7-16-17-14(11-19(16)9-13)10-18-8-4-2-3-5-15(18)12-20/h6-7,9,11,15,20H,2-5,8,10,12H2,1H3. The Morgan fingerprint density at radius 2 is 2.15 bits per heavy atom. The van der Waals surface area contributed by atoms with E-state index in [0.29, 0.717) is 6.04 Å². The Balaban J connectivity index is 1.80. The number of aliphatic hydroxyl groups excluding tert-OH is 1. The molecule has 1 atom stereocenters. The summed E-state index contributed by atoms with van der Waals surface area (Å²) in [6, 6.07) is 4.45. The minimum absolute atomic E-state index is 0.256. The Morgan fingerprint density at radius 1 is 1.25 bits per heavy atom. The first-order chi connectivity index (χ1) is 9.76. The van der Waals surface area contributed by atoms with E-state index >= 15 is 0 Å². The van der Waals surface area contributed by atoms with Crippen molar-refractivity contribution in [3.63, 3.8) is 0 Å². The Kier molecular flexibility index (Phi) is 4.03. The fraction of sp³-hybridized carbons (Fsp3) is 0.562. The first-order valence-electron chi connectivity index (χ1n) is 7.55. The highest BCUT2D eigenvalue weighted by molar-refractivity contribution is 5.41. The molecule has 0 spiro atoms. The Hall–Kier alpha value is -1.39. The van der Waals surface area contributed by atoms with Crippen molar-refractivity contribution in [2.75, 3.05) is 13.2 Å². The number of likely N-dealkylation sites (tertiary alicyclic amines) is 1. The van der Waals surface area contributed by atoms with Crippen LogP contribution in [-0.4, -0.2) is 38.6 Å². The van der Waals surface area contributed by atoms with Crippen molar-refractivity contribution in [2.45, 2.75) is 45.2 Å². The first-order valence-corrected chi connectivity index (χ1v) is 7.55. The van der Waals surface area contributed by atoms with E-state index in [1.165, 1.54) is 24.8 Å². The highest BCUT2D eigenvalue weighted by Gasteiger charge is 2.21. The van der Waals surface area contributed by atoms with Gasteiger partial charge in [-0.2, -0.15) is 0 Å². The van der Waals surface area contributed by atoms with Gasteiger partial charge >= 0.3 is 0 Å². The zero-order valence-electron chi connectivity index (χ0n) is 12.1. The predicted octanol–water partition coefficient (Wildman–Crippen LogP) is 2.38. The van der Waals surface area contributed by atoms with E-state index in [2.05, 4.69) is 45.7 Å². The van der Waals surface area contributed by atoms with E-state index in [-0.39, 0.29) is 6.61 Å². The normalized spacial score (nSPS) is 21.2. The molecule has 1 unspecified atom stereocenters. The second-order valence-electron chi connectivity index (χ2n) is 5.86. The third-order valence-corrected chi connectivity index (χ3v) is 4.22. The third-order valence-electron chi connectivity index (χ3n) is 4.22. The minimum atomic E-state index is 0.256. The molecule has 0 saturated carbocycles. The Labute approximate surface area is 120 Å². The number of pyridine rings is 1. The van der Waals surface area contributed by atoms with Crippen molar-refractivity contribution in [3.05, 3.63) is 35.8 Å². The molecule has 3 heterocycles. The topological polar surface area (TPSA) is 40.8 Å². The van der Waals surface area contributed by atoms with Crippen molar-refractivity contribution in [1.29, 1.82) is 0 Å². The van der Waals surface area contributed by atoms with E-state index in [1.54, 1.807) is 0 Å². The molecule has 0 aromatic carbocycles. The van der Waals surface area contributed by atoms with Gasteiger partial charge in [0.2, 0.25) is 0 Å². The molecule has 2 aromatic heterocycles. The smallest absolute Gasteiger partial charge is 0.137 e. The number of hydrogen-bond acceptors (Lipinski definition) is 3. The number of hydrogen-bond donors (Lipinski definition) is 1. The van der Waals surface area contributed by atoms with Crippen LogP contribution in [0.5, 0.6) is 0 Å². The van der Waals surface area contributed by atoms with Crippen LogP contribution in [0.3, 0.4) is 0 Å². The number of imidazole rings is 1. The maximum atomic E-state index is 9.57. The van der Waals surface area contributed by atoms with Gasteiger partial charge in [0.25, 0.3) is 0 Å². The van der Waals surface area contributed by atoms with Crippen LogP contribution in [0.4, 0.5) is 0 Å². The molecule has 0 amide bonds. The SMILES string of the molecule is Cc1ccc2nc(CN3CCCCCC3CO)cn2c1. The van der Waals surface area contributed by atoms with Gasteiger partial charge in [-0.1, -0.05) is 18.9 Å². The second-order valence-corrected chi connectivity index (χ2v) is 5.86. The van der Waals surface area contributed by atoms with Crippen molar-refractivity contribution >= 4 is 5.65 Å². The van der Waals surface area contributed by atoms with Gasteiger partial charge in [-0.25, -0.2) is 4.98 Å². The monoisotopic (exact) mass is 273 g/mol. The molecular weight excluding hydrogens is 250 g/mol. The van der Waals surface area contributed by atoms with Crippen LogP contribution in [0.1, 0.15) is 36.9 Å². The van der Waals surface area contributed by atoms with Crippen molar-refractivity contribution in [2.24, 2.45) is 0 Å². The van der Waals surface area contributed by atoms with Gasteiger partial charge in [0.1, 0.15) is 5.65 Å². The second kappa shape index (κ2) is 5.94. The van der Waals surface area contributed by atoms with Crippen LogP contribution in [0.2, 0.25) is 0 Å². The van der Waals surface area contributed by atoms with Crippen molar-refractivity contribution < 1.29 is 5.11 Å². The van der Waals surface area contributed by atoms with Crippen LogP contribution in [-0.2, 0) is 6.54 Å². The average molecular weight is 273 g/mol. The van der Waals surface area contributed by atoms with E-state index in [0.717, 1.165) is 30.9 Å². The summed E-state index contributed by atoms with van der Waals surface area (Å²) < 4.78 is 2.09. The Morgan fingerprint density at radius 3 is 3.00 bits per heavy atom. The van der Waals surface area contributed by atoms with Gasteiger partial charge in [0.05, 0.1) is 12.3 Å². The van der Waals surface area contributed by atoms with Gasteiger partial charge in [-0.3, -0.25) is 4.90 Å². The maximum absolute atomic E-state index is 9.57. The number of aliphatic hydroxyl groups is 1. The summed E-state index contributed by atoms with van der Waals surface area (Å²) in [5, 5.41) is 9.57. The molecule has 1 fully saturated rings. The van der Waals surface area contributed by atoms with E-state index in [1.807, 2.05) is 0 Å². The summed E-state index contributed by atoms with van der Waals surface area (Å²) in [6.07, 6.45) is 9.05. The highest BCUT2D eigenvalue weighted by atomic mass is 16.3. The molecule has 0 radical (unpaired) electrons. The molecule has 20 heavy (non-hydrogen) atoms. The molecule has 4 heteroatoms. The summed E-state index contributed by atoms with van der Waals surface area (Å²) in [6.45, 7) is 4.26. The van der Waals surface area contributed by atoms with Crippen LogP contribution in [0.25, 0.3) is 5.65 Å². The zero-order chi connectivity index (χ0) is 13.9. The van der Waals surface area contributed by atoms with E-state index < -0.39 is 0 Å². The Bertz CT molecular complexity index is 578. The zero-order valence-corrected chi connectivity index (χ0v) is 12.1. The summed E-state index contributed by atoms with van der Waals surface area (Å²) in [4.78, 5) is 7.08. The van der Waals surface area contributed by atoms with Gasteiger partial charge in [-0.05, 0) is 37.9 Å². The van der Waals surface area contributed by atoms with Crippen LogP contribution >= 0.6 is 0 Å². The van der Waals surface area contributed by atoms with Gasteiger partial charge in [0, 0.05) is 25.0 Å². The third kappa shape index (κ3) is 2.86. The quantitative estimate of drug-likeness (QED) is 0.933. The summed E-state index contributed by atoms with van der Waals surface area (Å²) in [5.74, 6) is 0. The average Bonchev–Trinajstić information content (AvgIpc) is 2.68. The van der Waals surface area contributed by atoms with Crippen LogP contribution in [0, 0.1) is 6.92 Å². The number of aromatic nitrogens is 2. The predicted molar refractivity (Wildman–Crippen MR) is 79.7 cm³/mol. The van der Waals surface area contributed by atoms with E-state index in [9.17, 15) is 5.11 Å². The van der Waals surface area contributed by atoms with Crippen molar-refractivity contribution in [3.8, 4) is 0 Å². The molecule has 0 aliphatic carbocycles. The summed E-state index contributed by atoms with van der Waals surface area (Å²) >= 11 is 0. The molecule has 1 aliphatic heterocycles. The number of nitrogens with zero attached hydrogens (tertiary/aromatic N) is 3. The first kappa shape index (κ1) is 13.6. The molecule has 0 bridgehead atoms. The summed E-state index contributed by atoms with van der Waals surface area (Å²) in [7, 11) is 0. The lowest BCUT2D eigenvalue weighted by molar-refractivity contribution is 0.117. The van der Waals surface area contributed by atoms with E-state index in [4.69, 9.17) is 0 Å². The lowest BCUT2D eigenvalue weighted by atomic mass is 10.1. The van der Waals surface area contributed by atoms with Crippen LogP contribution < -0.4 is 0 Å².